The number of hydrogen-bond acceptors (Lipinski definition) is 11. The van der Waals surface area contributed by atoms with E-state index in [0.717, 1.165) is 113 Å². The van der Waals surface area contributed by atoms with Gasteiger partial charge in [-0.2, -0.15) is 10.2 Å². The number of halogens is 2. The molecule has 0 unspecified atom stereocenters. The fraction of sp³-hybridized carbons (Fsp3) is 0.533. The van der Waals surface area contributed by atoms with Crippen LogP contribution in [0.1, 0.15) is 91.4 Å². The Labute approximate surface area is 362 Å². The Hall–Kier alpha value is -5.59. The molecule has 330 valence electrons. The summed E-state index contributed by atoms with van der Waals surface area (Å²) in [7, 11) is 0. The van der Waals surface area contributed by atoms with Crippen molar-refractivity contribution in [3.63, 3.8) is 0 Å². The van der Waals surface area contributed by atoms with Gasteiger partial charge in [0.25, 0.3) is 12.3 Å². The van der Waals surface area contributed by atoms with Crippen molar-refractivity contribution in [1.29, 1.82) is 0 Å². The second-order valence-corrected chi connectivity index (χ2v) is 18.4. The summed E-state index contributed by atoms with van der Waals surface area (Å²) in [5.74, 6) is 1.59. The van der Waals surface area contributed by atoms with Gasteiger partial charge in [-0.1, -0.05) is 18.2 Å². The minimum atomic E-state index is -2.84. The molecular weight excluding hydrogens is 811 g/mol. The summed E-state index contributed by atoms with van der Waals surface area (Å²) in [6.45, 7) is 8.09. The van der Waals surface area contributed by atoms with Crippen molar-refractivity contribution in [3.8, 4) is 0 Å². The molecule has 2 saturated carbocycles. The lowest BCUT2D eigenvalue weighted by atomic mass is 9.70. The van der Waals surface area contributed by atoms with Crippen LogP contribution in [0.5, 0.6) is 0 Å². The van der Waals surface area contributed by atoms with Crippen molar-refractivity contribution in [2.75, 3.05) is 74.1 Å². The Balaban J connectivity index is 0.647. The maximum Gasteiger partial charge on any atom is 0.328 e. The number of carbonyl (C=O) groups is 3. The number of rotatable bonds is 11. The smallest absolute Gasteiger partial charge is 0.328 e. The first-order chi connectivity index (χ1) is 30.7. The first-order valence-corrected chi connectivity index (χ1v) is 22.5. The molecule has 4 aromatic heterocycles. The number of hydrogen-bond donors (Lipinski definition) is 2. The molecule has 6 aliphatic rings. The third-order valence-electron chi connectivity index (χ3n) is 14.5. The third kappa shape index (κ3) is 7.79. The van der Waals surface area contributed by atoms with E-state index in [1.54, 1.807) is 28.2 Å². The number of piperazine rings is 1. The van der Waals surface area contributed by atoms with Gasteiger partial charge in [-0.05, 0) is 74.3 Å². The highest BCUT2D eigenvalue weighted by Crippen LogP contribution is 2.45. The Kier molecular flexibility index (Phi) is 10.5. The molecule has 0 radical (unpaired) electrons. The van der Waals surface area contributed by atoms with Gasteiger partial charge in [0.15, 0.2) is 11.3 Å². The maximum absolute atomic E-state index is 14.3. The summed E-state index contributed by atoms with van der Waals surface area (Å²) >= 11 is 0. The number of fused-ring (bicyclic) bond motifs is 4. The van der Waals surface area contributed by atoms with Crippen LogP contribution in [-0.2, 0) is 9.53 Å². The minimum absolute atomic E-state index is 0.0103. The molecule has 5 aromatic rings. The Bertz CT molecular complexity index is 2540. The topological polar surface area (TPSA) is 158 Å². The second-order valence-electron chi connectivity index (χ2n) is 18.4. The predicted octanol–water partition coefficient (Wildman–Crippen LogP) is 5.63. The molecule has 0 spiro atoms. The van der Waals surface area contributed by atoms with Gasteiger partial charge >= 0.3 is 6.03 Å². The van der Waals surface area contributed by atoms with Gasteiger partial charge in [-0.3, -0.25) is 29.5 Å². The normalized spacial score (nSPS) is 26.8. The van der Waals surface area contributed by atoms with Crippen LogP contribution in [0.15, 0.2) is 55.2 Å². The van der Waals surface area contributed by atoms with E-state index in [0.29, 0.717) is 36.6 Å². The van der Waals surface area contributed by atoms with Gasteiger partial charge in [0.1, 0.15) is 11.4 Å². The summed E-state index contributed by atoms with van der Waals surface area (Å²) in [4.78, 5) is 56.2. The van der Waals surface area contributed by atoms with Crippen LogP contribution in [0.3, 0.4) is 0 Å². The molecule has 2 aliphatic carbocycles. The number of nitrogens with one attached hydrogen (secondary N) is 2. The zero-order valence-electron chi connectivity index (χ0n) is 35.1. The van der Waals surface area contributed by atoms with Crippen LogP contribution in [0.2, 0.25) is 0 Å². The molecule has 1 aromatic carbocycles. The van der Waals surface area contributed by atoms with Crippen molar-refractivity contribution in [3.05, 3.63) is 72.1 Å². The molecule has 2 atom stereocenters. The molecule has 11 rings (SSSR count). The number of urea groups is 1. The van der Waals surface area contributed by atoms with Gasteiger partial charge in [0.2, 0.25) is 5.91 Å². The average Bonchev–Trinajstić information content (AvgIpc) is 4.10. The van der Waals surface area contributed by atoms with Crippen molar-refractivity contribution in [2.24, 2.45) is 11.8 Å². The van der Waals surface area contributed by atoms with Crippen LogP contribution >= 0.6 is 0 Å². The molecule has 18 heteroatoms. The summed E-state index contributed by atoms with van der Waals surface area (Å²) in [6.07, 6.45) is 12.9. The van der Waals surface area contributed by atoms with Crippen molar-refractivity contribution < 1.29 is 27.9 Å². The highest BCUT2D eigenvalue weighted by atomic mass is 19.3. The molecule has 4 amide bonds. The second kappa shape index (κ2) is 16.5. The highest BCUT2D eigenvalue weighted by Gasteiger charge is 2.40. The van der Waals surface area contributed by atoms with Crippen LogP contribution in [0, 0.1) is 11.8 Å². The highest BCUT2D eigenvalue weighted by molar-refractivity contribution is 6.10. The number of ether oxygens (including phenoxy) is 1. The fourth-order valence-electron chi connectivity index (χ4n) is 11.1. The number of imide groups is 1. The van der Waals surface area contributed by atoms with E-state index in [4.69, 9.17) is 9.72 Å². The van der Waals surface area contributed by atoms with Crippen molar-refractivity contribution >= 4 is 51.5 Å². The van der Waals surface area contributed by atoms with Crippen molar-refractivity contribution in [2.45, 2.75) is 81.9 Å². The summed E-state index contributed by atoms with van der Waals surface area (Å²) in [5.41, 5.74) is 2.19. The lowest BCUT2D eigenvalue weighted by molar-refractivity contribution is -0.120. The molecule has 2 N–H and O–H groups in total. The van der Waals surface area contributed by atoms with Crippen LogP contribution in [-0.4, -0.2) is 128 Å². The van der Waals surface area contributed by atoms with E-state index in [1.807, 2.05) is 18.3 Å². The van der Waals surface area contributed by atoms with Gasteiger partial charge in [-0.15, -0.1) is 0 Å². The SMILES string of the molecule is O=C1CCN(c2cncc3c2cccc3[C@H]2C[C@@H](CN3CCN(C[C@H]4CC[C@H](n5cc(NC(=O)c6cnn7ccc(N8C[C@H]9C[C@@H]8CO9)nc67)c(C(F)F)n5)CC4)CC3)C2)C(=O)N1. The van der Waals surface area contributed by atoms with Crippen LogP contribution < -0.4 is 20.4 Å². The zero-order chi connectivity index (χ0) is 42.8. The number of alkyl halides is 2. The third-order valence-corrected chi connectivity index (χ3v) is 14.5. The fourth-order valence-corrected chi connectivity index (χ4v) is 11.1. The van der Waals surface area contributed by atoms with E-state index in [2.05, 4.69) is 52.6 Å². The summed E-state index contributed by atoms with van der Waals surface area (Å²) in [5, 5.41) is 15.8. The quantitative estimate of drug-likeness (QED) is 0.170. The Morgan fingerprint density at radius 1 is 0.905 bits per heavy atom. The largest absolute Gasteiger partial charge is 0.374 e. The van der Waals surface area contributed by atoms with E-state index in [1.165, 1.54) is 16.3 Å². The molecule has 4 saturated heterocycles. The average molecular weight is 863 g/mol. The maximum atomic E-state index is 14.3. The van der Waals surface area contributed by atoms with Gasteiger partial charge < -0.3 is 24.8 Å². The number of aromatic nitrogens is 6. The van der Waals surface area contributed by atoms with E-state index in [-0.39, 0.29) is 41.8 Å². The molecule has 4 aliphatic heterocycles. The summed E-state index contributed by atoms with van der Waals surface area (Å²) < 4.78 is 37.5. The van der Waals surface area contributed by atoms with E-state index >= 15 is 0 Å². The number of carbonyl (C=O) groups excluding carboxylic acids is 3. The molecule has 2 bridgehead atoms. The number of morpholine rings is 1. The number of benzene rings is 1. The molecule has 8 heterocycles. The minimum Gasteiger partial charge on any atom is -0.374 e. The lowest BCUT2D eigenvalue weighted by Crippen LogP contribution is -2.50. The van der Waals surface area contributed by atoms with Gasteiger partial charge in [0.05, 0.1) is 48.6 Å². The molecule has 6 fully saturated rings. The van der Waals surface area contributed by atoms with E-state index < -0.39 is 24.1 Å². The lowest BCUT2D eigenvalue weighted by Gasteiger charge is -2.43. The number of amides is 4. The molecule has 16 nitrogen and oxygen atoms in total. The summed E-state index contributed by atoms with van der Waals surface area (Å²) in [6, 6.07) is 8.02. The predicted molar refractivity (Wildman–Crippen MR) is 230 cm³/mol. The van der Waals surface area contributed by atoms with Crippen molar-refractivity contribution in [1.82, 2.24) is 44.5 Å². The molecule has 63 heavy (non-hydrogen) atoms. The monoisotopic (exact) mass is 862 g/mol. The molecular formula is C45H52F2N12O4. The van der Waals surface area contributed by atoms with Gasteiger partial charge in [-0.25, -0.2) is 23.1 Å². The first kappa shape index (κ1) is 40.2. The van der Waals surface area contributed by atoms with Crippen LogP contribution in [0.4, 0.5) is 30.8 Å². The standard InChI is InChI=1S/C45H52F2N12O4/c46-42(47)41-37(50-44(61)36-20-49-58-11-8-39(51-43(36)58)57-24-32-18-31(57)26-63-32)25-59(53-41)30-6-4-27(5-7-30)22-54-12-14-55(15-13-54)23-28-16-29(17-28)33-2-1-3-34-35(33)19-48-21-38(34)56-10-9-40(60)52-45(56)62/h1-3,8,11,19-21,25,27-32,42H,4-7,9-10,12-18,22-24,26H2,(H,50,61)(H,52,60,62)/t27-,28-,29+,30-,31-,32-/m1/s1. The van der Waals surface area contributed by atoms with E-state index in [9.17, 15) is 23.2 Å². The zero-order valence-corrected chi connectivity index (χ0v) is 35.1. The number of anilines is 3. The van der Waals surface area contributed by atoms with Gasteiger partial charge in [0, 0.05) is 88.1 Å². The Morgan fingerprint density at radius 3 is 2.43 bits per heavy atom. The first-order valence-electron chi connectivity index (χ1n) is 22.5. The number of nitrogens with zero attached hydrogens (tertiary/aromatic N) is 10. The Morgan fingerprint density at radius 2 is 1.70 bits per heavy atom. The number of pyridine rings is 1. The van der Waals surface area contributed by atoms with Crippen LogP contribution in [0.25, 0.3) is 16.4 Å².